The Kier molecular flexibility index (Phi) is 5.47. The summed E-state index contributed by atoms with van der Waals surface area (Å²) in [5.41, 5.74) is 3.38. The van der Waals surface area contributed by atoms with Crippen LogP contribution in [0.3, 0.4) is 0 Å². The molecule has 31 heavy (non-hydrogen) atoms. The summed E-state index contributed by atoms with van der Waals surface area (Å²) in [7, 11) is 0. The molecule has 0 aliphatic carbocycles. The van der Waals surface area contributed by atoms with Crippen molar-refractivity contribution in [1.29, 1.82) is 0 Å². The lowest BCUT2D eigenvalue weighted by Crippen LogP contribution is -2.55. The van der Waals surface area contributed by atoms with Crippen LogP contribution in [0.1, 0.15) is 29.5 Å². The highest BCUT2D eigenvalue weighted by Gasteiger charge is 2.53. The summed E-state index contributed by atoms with van der Waals surface area (Å²) in [4.78, 5) is 21.7. The summed E-state index contributed by atoms with van der Waals surface area (Å²) in [6, 6.07) is 31.3. The second-order valence-electron chi connectivity index (χ2n) is 8.72. The highest BCUT2D eigenvalue weighted by molar-refractivity contribution is 5.77. The number of nitrogens with zero attached hydrogens (tertiary/aromatic N) is 2. The van der Waals surface area contributed by atoms with E-state index in [9.17, 15) is 4.79 Å². The van der Waals surface area contributed by atoms with Crippen LogP contribution in [-0.4, -0.2) is 34.1 Å². The van der Waals surface area contributed by atoms with E-state index in [4.69, 9.17) is 4.84 Å². The van der Waals surface area contributed by atoms with Gasteiger partial charge in [-0.05, 0) is 42.4 Å². The third-order valence-corrected chi connectivity index (χ3v) is 6.63. The van der Waals surface area contributed by atoms with Gasteiger partial charge in [-0.1, -0.05) is 91.0 Å². The molecule has 158 valence electrons. The van der Waals surface area contributed by atoms with Gasteiger partial charge >= 0.3 is 6.03 Å². The number of fused-ring (bicyclic) bond motifs is 2. The third-order valence-electron chi connectivity index (χ3n) is 6.63. The van der Waals surface area contributed by atoms with E-state index in [0.717, 1.165) is 37.8 Å². The van der Waals surface area contributed by atoms with Gasteiger partial charge in [0.25, 0.3) is 0 Å². The highest BCUT2D eigenvalue weighted by Crippen LogP contribution is 2.41. The Balaban J connectivity index is 1.40. The van der Waals surface area contributed by atoms with Crippen molar-refractivity contribution in [2.45, 2.75) is 43.9 Å². The van der Waals surface area contributed by atoms with Crippen LogP contribution in [-0.2, 0) is 24.3 Å². The van der Waals surface area contributed by atoms with Gasteiger partial charge in [0, 0.05) is 6.54 Å². The van der Waals surface area contributed by atoms with Crippen LogP contribution in [0.5, 0.6) is 0 Å². The first-order valence-electron chi connectivity index (χ1n) is 11.1. The van der Waals surface area contributed by atoms with Gasteiger partial charge in [0.05, 0.1) is 11.6 Å². The van der Waals surface area contributed by atoms with Crippen molar-refractivity contribution in [2.75, 3.05) is 6.54 Å². The number of urea groups is 1. The maximum absolute atomic E-state index is 13.5. The van der Waals surface area contributed by atoms with E-state index < -0.39 is 0 Å². The number of carbonyl (C=O) groups is 1. The lowest BCUT2D eigenvalue weighted by Gasteiger charge is -2.44. The van der Waals surface area contributed by atoms with Gasteiger partial charge in [-0.2, -0.15) is 5.06 Å². The third kappa shape index (κ3) is 4.08. The zero-order valence-electron chi connectivity index (χ0n) is 17.7. The Morgan fingerprint density at radius 3 is 1.84 bits per heavy atom. The number of rotatable bonds is 7. The van der Waals surface area contributed by atoms with Crippen molar-refractivity contribution in [2.24, 2.45) is 0 Å². The number of amides is 2. The molecule has 4 nitrogen and oxygen atoms in total. The van der Waals surface area contributed by atoms with Crippen molar-refractivity contribution in [3.8, 4) is 0 Å². The highest BCUT2D eigenvalue weighted by atomic mass is 16.7. The van der Waals surface area contributed by atoms with E-state index in [0.29, 0.717) is 6.61 Å². The molecule has 0 unspecified atom stereocenters. The van der Waals surface area contributed by atoms with Crippen molar-refractivity contribution in [3.63, 3.8) is 0 Å². The maximum atomic E-state index is 13.5. The van der Waals surface area contributed by atoms with Crippen LogP contribution in [0.25, 0.3) is 0 Å². The smallest absolute Gasteiger partial charge is 0.314 e. The molecule has 3 aromatic carbocycles. The van der Waals surface area contributed by atoms with Crippen molar-refractivity contribution in [1.82, 2.24) is 9.96 Å². The maximum Gasteiger partial charge on any atom is 0.344 e. The Morgan fingerprint density at radius 2 is 1.29 bits per heavy atom. The van der Waals surface area contributed by atoms with Gasteiger partial charge in [-0.25, -0.2) is 4.79 Å². The van der Waals surface area contributed by atoms with Gasteiger partial charge in [-0.3, -0.25) is 4.84 Å². The Morgan fingerprint density at radius 1 is 0.774 bits per heavy atom. The van der Waals surface area contributed by atoms with Crippen LogP contribution in [0.4, 0.5) is 4.79 Å². The average Bonchev–Trinajstić information content (AvgIpc) is 3.09. The molecule has 2 heterocycles. The molecule has 4 heteroatoms. The van der Waals surface area contributed by atoms with Crippen LogP contribution in [0.15, 0.2) is 91.0 Å². The summed E-state index contributed by atoms with van der Waals surface area (Å²) >= 11 is 0. The minimum atomic E-state index is -0.235. The summed E-state index contributed by atoms with van der Waals surface area (Å²) in [5.74, 6) is 0. The Labute approximate surface area is 184 Å². The van der Waals surface area contributed by atoms with Gasteiger partial charge in [0.1, 0.15) is 6.61 Å². The summed E-state index contributed by atoms with van der Waals surface area (Å²) in [6.45, 7) is 1.15. The zero-order valence-corrected chi connectivity index (χ0v) is 17.7. The molecule has 0 radical (unpaired) electrons. The fourth-order valence-electron chi connectivity index (χ4n) is 5.07. The van der Waals surface area contributed by atoms with Gasteiger partial charge < -0.3 is 4.90 Å². The predicted octanol–water partition coefficient (Wildman–Crippen LogP) is 5.24. The number of piperidine rings is 1. The molecule has 0 aromatic heterocycles. The molecule has 2 fully saturated rings. The van der Waals surface area contributed by atoms with Crippen molar-refractivity contribution < 1.29 is 9.63 Å². The molecule has 2 amide bonds. The standard InChI is InChI=1S/C27H28N2O2/c30-26-28-20-25(29(26)31-21-24-14-8-3-9-15-24)16-17-27(28,18-22-10-4-1-5-11-22)19-23-12-6-2-7-13-23/h1-15,25H,16-21H2/t25-/m1/s1. The van der Waals surface area contributed by atoms with Gasteiger partial charge in [0.15, 0.2) is 0 Å². The first-order chi connectivity index (χ1) is 15.2. The summed E-state index contributed by atoms with van der Waals surface area (Å²) < 4.78 is 0. The van der Waals surface area contributed by atoms with E-state index in [1.165, 1.54) is 11.1 Å². The molecule has 0 saturated carbocycles. The molecular formula is C27H28N2O2. The van der Waals surface area contributed by atoms with Crippen molar-refractivity contribution >= 4 is 6.03 Å². The number of benzene rings is 3. The quantitative estimate of drug-likeness (QED) is 0.531. The fraction of sp³-hybridized carbons (Fsp3) is 0.296. The summed E-state index contributed by atoms with van der Waals surface area (Å²) in [6.07, 6.45) is 3.64. The van der Waals surface area contributed by atoms with E-state index in [-0.39, 0.29) is 17.6 Å². The van der Waals surface area contributed by atoms with E-state index in [1.54, 1.807) is 5.06 Å². The number of hydrogen-bond acceptors (Lipinski definition) is 2. The monoisotopic (exact) mass is 412 g/mol. The van der Waals surface area contributed by atoms with E-state index in [2.05, 4.69) is 53.4 Å². The topological polar surface area (TPSA) is 32.8 Å². The van der Waals surface area contributed by atoms with Gasteiger partial charge in [0.2, 0.25) is 0 Å². The molecule has 2 saturated heterocycles. The number of hydrogen-bond donors (Lipinski definition) is 0. The van der Waals surface area contributed by atoms with Crippen LogP contribution < -0.4 is 0 Å². The SMILES string of the molecule is O=C1N(OCc2ccccc2)[C@@H]2CCC(Cc3ccccc3)(Cc3ccccc3)N1C2. The molecule has 2 bridgehead atoms. The normalized spacial score (nSPS) is 19.6. The van der Waals surface area contributed by atoms with E-state index in [1.807, 2.05) is 42.5 Å². The van der Waals surface area contributed by atoms with Crippen LogP contribution in [0.2, 0.25) is 0 Å². The van der Waals surface area contributed by atoms with E-state index >= 15 is 0 Å². The molecule has 2 aliphatic rings. The van der Waals surface area contributed by atoms with Crippen LogP contribution in [0, 0.1) is 0 Å². The molecule has 5 rings (SSSR count). The lowest BCUT2D eigenvalue weighted by molar-refractivity contribution is -0.140. The number of hydroxylamine groups is 2. The first-order valence-corrected chi connectivity index (χ1v) is 11.1. The average molecular weight is 413 g/mol. The zero-order chi connectivity index (χ0) is 21.1. The molecular weight excluding hydrogens is 384 g/mol. The largest absolute Gasteiger partial charge is 0.344 e. The molecule has 0 N–H and O–H groups in total. The van der Waals surface area contributed by atoms with Gasteiger partial charge in [-0.15, -0.1) is 0 Å². The van der Waals surface area contributed by atoms with Crippen molar-refractivity contribution in [3.05, 3.63) is 108 Å². The second-order valence-corrected chi connectivity index (χ2v) is 8.72. The minimum Gasteiger partial charge on any atom is -0.314 e. The molecule has 3 aromatic rings. The second kappa shape index (κ2) is 8.56. The minimum absolute atomic E-state index is 0.00490. The lowest BCUT2D eigenvalue weighted by atomic mass is 9.77. The fourth-order valence-corrected chi connectivity index (χ4v) is 5.07. The molecule has 0 spiro atoms. The Hall–Kier alpha value is -3.11. The molecule has 1 atom stereocenters. The van der Waals surface area contributed by atoms with Crippen LogP contribution >= 0.6 is 0 Å². The Bertz CT molecular complexity index is 966. The summed E-state index contributed by atoms with van der Waals surface area (Å²) in [5, 5.41) is 1.64. The molecule has 2 aliphatic heterocycles. The first kappa shape index (κ1) is 19.8. The predicted molar refractivity (Wildman–Crippen MR) is 121 cm³/mol. The number of carbonyl (C=O) groups excluding carboxylic acids is 1.